The zero-order chi connectivity index (χ0) is 23.2. The van der Waals surface area contributed by atoms with E-state index in [2.05, 4.69) is 14.9 Å². The number of rotatable bonds is 7. The van der Waals surface area contributed by atoms with Crippen LogP contribution in [0.3, 0.4) is 0 Å². The number of H-pyrrole nitrogens is 1. The molecule has 2 N–H and O–H groups in total. The second kappa shape index (κ2) is 10.5. The third kappa shape index (κ3) is 5.34. The molecule has 1 aliphatic rings. The van der Waals surface area contributed by atoms with E-state index in [1.54, 1.807) is 12.4 Å². The number of piperidine rings is 1. The van der Waals surface area contributed by atoms with Crippen LogP contribution in [0.1, 0.15) is 53.9 Å². The number of likely N-dealkylation sites (tertiary alicyclic amines) is 1. The zero-order valence-corrected chi connectivity index (χ0v) is 19.4. The third-order valence-corrected chi connectivity index (χ3v) is 6.36. The van der Waals surface area contributed by atoms with Gasteiger partial charge >= 0.3 is 0 Å². The summed E-state index contributed by atoms with van der Waals surface area (Å²) >= 11 is 0. The lowest BCUT2D eigenvalue weighted by Gasteiger charge is -2.29. The van der Waals surface area contributed by atoms with E-state index in [-0.39, 0.29) is 11.7 Å². The Morgan fingerprint density at radius 2 is 1.73 bits per heavy atom. The number of carbonyl (C=O) groups is 1. The molecule has 172 valence electrons. The molecule has 2 aromatic carbocycles. The maximum absolute atomic E-state index is 12.7. The van der Waals surface area contributed by atoms with Crippen molar-refractivity contribution in [1.82, 2.24) is 19.8 Å². The molecule has 1 saturated heterocycles. The van der Waals surface area contributed by atoms with Gasteiger partial charge in [-0.1, -0.05) is 29.8 Å². The lowest BCUT2D eigenvalue weighted by molar-refractivity contribution is 0.0773. The normalized spacial score (nSPS) is 14.3. The summed E-state index contributed by atoms with van der Waals surface area (Å²) in [6.45, 7) is 8.17. The summed E-state index contributed by atoms with van der Waals surface area (Å²) in [6, 6.07) is 15.4. The van der Waals surface area contributed by atoms with Crippen molar-refractivity contribution >= 4 is 11.5 Å². The fourth-order valence-electron chi connectivity index (χ4n) is 4.55. The highest BCUT2D eigenvalue weighted by molar-refractivity contribution is 5.95. The van der Waals surface area contributed by atoms with Crippen LogP contribution in [0.15, 0.2) is 66.6 Å². The van der Waals surface area contributed by atoms with Crippen molar-refractivity contribution in [2.75, 3.05) is 26.2 Å². The number of aromatic amines is 1. The quantitative estimate of drug-likeness (QED) is 0.554. The summed E-state index contributed by atoms with van der Waals surface area (Å²) in [7, 11) is 0. The number of nitrogens with zero attached hydrogens (tertiary/aromatic N) is 3. The average Bonchev–Trinajstić information content (AvgIpc) is 3.35. The van der Waals surface area contributed by atoms with Crippen molar-refractivity contribution in [2.45, 2.75) is 33.2 Å². The molecule has 1 aromatic heterocycles. The van der Waals surface area contributed by atoms with Crippen LogP contribution in [0.5, 0.6) is 5.75 Å². The van der Waals surface area contributed by atoms with Gasteiger partial charge in [0.15, 0.2) is 0 Å². The Morgan fingerprint density at radius 3 is 2.33 bits per heavy atom. The summed E-state index contributed by atoms with van der Waals surface area (Å²) in [5.41, 5.74) is 6.38. The minimum absolute atomic E-state index is 0.0600. The molecule has 0 saturated carbocycles. The Labute approximate surface area is 195 Å². The molecule has 2 heterocycles. The number of amides is 1. The van der Waals surface area contributed by atoms with E-state index in [1.807, 2.05) is 67.4 Å². The molecule has 6 nitrogen and oxygen atoms in total. The van der Waals surface area contributed by atoms with Crippen LogP contribution in [0.25, 0.3) is 5.57 Å². The number of aromatic hydroxyl groups is 1. The van der Waals surface area contributed by atoms with Gasteiger partial charge in [0.1, 0.15) is 5.75 Å². The van der Waals surface area contributed by atoms with Gasteiger partial charge in [-0.2, -0.15) is 0 Å². The predicted molar refractivity (Wildman–Crippen MR) is 131 cm³/mol. The second-order valence-corrected chi connectivity index (χ2v) is 8.42. The van der Waals surface area contributed by atoms with Gasteiger partial charge in [-0.25, -0.2) is 4.98 Å². The molecule has 1 aliphatic heterocycles. The molecule has 33 heavy (non-hydrogen) atoms. The maximum Gasteiger partial charge on any atom is 0.253 e. The topological polar surface area (TPSA) is 72.5 Å². The molecule has 0 atom stereocenters. The van der Waals surface area contributed by atoms with Crippen LogP contribution in [-0.4, -0.2) is 57.0 Å². The average molecular weight is 445 g/mol. The van der Waals surface area contributed by atoms with E-state index in [1.165, 1.54) is 5.57 Å². The van der Waals surface area contributed by atoms with Gasteiger partial charge in [-0.3, -0.25) is 9.69 Å². The van der Waals surface area contributed by atoms with E-state index >= 15 is 0 Å². The number of imidazole rings is 1. The minimum Gasteiger partial charge on any atom is -0.508 e. The molecule has 0 spiro atoms. The van der Waals surface area contributed by atoms with Crippen LogP contribution in [0, 0.1) is 0 Å². The Bertz CT molecular complexity index is 1090. The van der Waals surface area contributed by atoms with E-state index in [4.69, 9.17) is 0 Å². The highest BCUT2D eigenvalue weighted by atomic mass is 16.3. The summed E-state index contributed by atoms with van der Waals surface area (Å²) < 4.78 is 0. The molecular weight excluding hydrogens is 412 g/mol. The van der Waals surface area contributed by atoms with E-state index in [0.29, 0.717) is 18.7 Å². The molecule has 6 heteroatoms. The second-order valence-electron chi connectivity index (χ2n) is 8.42. The van der Waals surface area contributed by atoms with Gasteiger partial charge in [0.05, 0.1) is 12.0 Å². The molecule has 0 bridgehead atoms. The van der Waals surface area contributed by atoms with Gasteiger partial charge < -0.3 is 15.0 Å². The van der Waals surface area contributed by atoms with Crippen LogP contribution in [-0.2, 0) is 6.54 Å². The molecule has 0 aliphatic carbocycles. The van der Waals surface area contributed by atoms with E-state index in [9.17, 15) is 9.90 Å². The molecule has 1 amide bonds. The summed E-state index contributed by atoms with van der Waals surface area (Å²) in [6.07, 6.45) is 5.58. The number of phenolic OH excluding ortho intramolecular Hbond substituents is 1. The van der Waals surface area contributed by atoms with Crippen molar-refractivity contribution in [3.63, 3.8) is 0 Å². The fourth-order valence-corrected chi connectivity index (χ4v) is 4.55. The number of benzene rings is 2. The van der Waals surface area contributed by atoms with Crippen LogP contribution in [0.2, 0.25) is 0 Å². The lowest BCUT2D eigenvalue weighted by Crippen LogP contribution is -2.31. The van der Waals surface area contributed by atoms with Gasteiger partial charge in [0, 0.05) is 44.5 Å². The first-order valence-electron chi connectivity index (χ1n) is 11.7. The fraction of sp³-hybridized carbons (Fsp3) is 0.333. The van der Waals surface area contributed by atoms with Gasteiger partial charge in [-0.05, 0) is 67.7 Å². The van der Waals surface area contributed by atoms with Crippen LogP contribution >= 0.6 is 0 Å². The summed E-state index contributed by atoms with van der Waals surface area (Å²) in [5, 5.41) is 10.1. The first-order chi connectivity index (χ1) is 16.1. The van der Waals surface area contributed by atoms with Gasteiger partial charge in [0.2, 0.25) is 0 Å². The Hall–Kier alpha value is -3.38. The van der Waals surface area contributed by atoms with Crippen molar-refractivity contribution < 1.29 is 9.90 Å². The molecular formula is C27H32N4O2. The SMILES string of the molecule is CCN(CC)C(=O)c1ccc(C(=C2CCN(Cc3c[nH]cn3)CC2)c2cccc(O)c2)cc1. The monoisotopic (exact) mass is 444 g/mol. The standard InChI is InChI=1S/C27H32N4O2/c1-3-31(4-2)27(33)22-10-8-20(9-11-22)26(23-6-5-7-25(32)16-23)21-12-14-30(15-13-21)18-24-17-28-19-29-24/h5-11,16-17,19,32H,3-4,12-15,18H2,1-2H3,(H,28,29). The zero-order valence-electron chi connectivity index (χ0n) is 19.4. The van der Waals surface area contributed by atoms with E-state index in [0.717, 1.165) is 54.9 Å². The number of nitrogens with one attached hydrogen (secondary N) is 1. The smallest absolute Gasteiger partial charge is 0.253 e. The van der Waals surface area contributed by atoms with E-state index < -0.39 is 0 Å². The Morgan fingerprint density at radius 1 is 1.03 bits per heavy atom. The van der Waals surface area contributed by atoms with Crippen molar-refractivity contribution in [1.29, 1.82) is 0 Å². The van der Waals surface area contributed by atoms with Crippen LogP contribution in [0.4, 0.5) is 0 Å². The highest BCUT2D eigenvalue weighted by Crippen LogP contribution is 2.34. The molecule has 0 unspecified atom stereocenters. The van der Waals surface area contributed by atoms with Crippen LogP contribution < -0.4 is 0 Å². The number of carbonyl (C=O) groups excluding carboxylic acids is 1. The van der Waals surface area contributed by atoms with Crippen molar-refractivity contribution in [3.8, 4) is 5.75 Å². The predicted octanol–water partition coefficient (Wildman–Crippen LogP) is 4.70. The van der Waals surface area contributed by atoms with Crippen molar-refractivity contribution in [2.24, 2.45) is 0 Å². The first kappa shape index (κ1) is 22.8. The van der Waals surface area contributed by atoms with Crippen molar-refractivity contribution in [3.05, 3.63) is 89.0 Å². The summed E-state index contributed by atoms with van der Waals surface area (Å²) in [5.74, 6) is 0.319. The Balaban J connectivity index is 1.62. The summed E-state index contributed by atoms with van der Waals surface area (Å²) in [4.78, 5) is 24.4. The largest absolute Gasteiger partial charge is 0.508 e. The third-order valence-electron chi connectivity index (χ3n) is 6.36. The van der Waals surface area contributed by atoms with Gasteiger partial charge in [0.25, 0.3) is 5.91 Å². The highest BCUT2D eigenvalue weighted by Gasteiger charge is 2.20. The molecule has 0 radical (unpaired) electrons. The van der Waals surface area contributed by atoms with Gasteiger partial charge in [-0.15, -0.1) is 0 Å². The molecule has 1 fully saturated rings. The number of phenols is 1. The Kier molecular flexibility index (Phi) is 7.25. The number of aromatic nitrogens is 2. The number of hydrogen-bond donors (Lipinski definition) is 2. The number of hydrogen-bond acceptors (Lipinski definition) is 4. The lowest BCUT2D eigenvalue weighted by atomic mass is 9.88. The first-order valence-corrected chi connectivity index (χ1v) is 11.7. The maximum atomic E-state index is 12.7. The minimum atomic E-state index is 0.0600. The molecule has 3 aromatic rings. The molecule has 4 rings (SSSR count).